The molecule has 0 heterocycles. The highest BCUT2D eigenvalue weighted by Crippen LogP contribution is 2.34. The number of likely N-dealkylation sites (N-methyl/N-ethyl adjacent to an activating group) is 1. The molecule has 0 aliphatic rings. The molecule has 0 radical (unpaired) electrons. The van der Waals surface area contributed by atoms with Gasteiger partial charge in [-0.15, -0.1) is 0 Å². The van der Waals surface area contributed by atoms with Gasteiger partial charge in [-0.2, -0.15) is 13.2 Å². The van der Waals surface area contributed by atoms with Crippen molar-refractivity contribution in [2.75, 3.05) is 26.0 Å². The fraction of sp³-hybridized carbons (Fsp3) is 0.467. The Morgan fingerprint density at radius 3 is 2.46 bits per heavy atom. The van der Waals surface area contributed by atoms with Crippen LogP contribution in [0, 0.1) is 10.1 Å². The maximum atomic E-state index is 12.6. The zero-order valence-electron chi connectivity index (χ0n) is 14.3. The van der Waals surface area contributed by atoms with Crippen molar-refractivity contribution in [2.24, 2.45) is 0 Å². The lowest BCUT2D eigenvalue weighted by Gasteiger charge is -2.17. The molecule has 0 saturated heterocycles. The van der Waals surface area contributed by atoms with Crippen molar-refractivity contribution in [1.29, 1.82) is 0 Å². The zero-order valence-corrected chi connectivity index (χ0v) is 14.3. The minimum Gasteiger partial charge on any atom is -0.452 e. The maximum Gasteiger partial charge on any atom is 0.416 e. The Balaban J connectivity index is 2.69. The molecule has 0 aliphatic carbocycles. The van der Waals surface area contributed by atoms with Gasteiger partial charge in [0.1, 0.15) is 5.69 Å². The molecule has 0 fully saturated rings. The van der Waals surface area contributed by atoms with E-state index in [4.69, 9.17) is 4.74 Å². The Labute approximate surface area is 147 Å². The van der Waals surface area contributed by atoms with Gasteiger partial charge in [-0.3, -0.25) is 19.7 Å². The van der Waals surface area contributed by atoms with E-state index < -0.39 is 40.3 Å². The predicted octanol–water partition coefficient (Wildman–Crippen LogP) is 2.44. The predicted molar refractivity (Wildman–Crippen MR) is 85.5 cm³/mol. The fourth-order valence-corrected chi connectivity index (χ4v) is 1.98. The standard InChI is InChI=1S/C15H18F3N3O5/c1-9(14(23)20(2)3)26-13(22)6-7-19-11-5-4-10(15(16,17)18)8-12(11)21(24)25/h4-5,8-9,19H,6-7H2,1-3H3/t9-/m1/s1. The molecule has 8 nitrogen and oxygen atoms in total. The zero-order chi connectivity index (χ0) is 20.1. The summed E-state index contributed by atoms with van der Waals surface area (Å²) in [5, 5.41) is 13.5. The summed E-state index contributed by atoms with van der Waals surface area (Å²) >= 11 is 0. The van der Waals surface area contributed by atoms with E-state index in [2.05, 4.69) is 5.32 Å². The highest BCUT2D eigenvalue weighted by Gasteiger charge is 2.33. The average molecular weight is 377 g/mol. The smallest absolute Gasteiger partial charge is 0.416 e. The Hall–Kier alpha value is -2.85. The van der Waals surface area contributed by atoms with Gasteiger partial charge in [0.15, 0.2) is 6.10 Å². The van der Waals surface area contributed by atoms with E-state index >= 15 is 0 Å². The molecule has 26 heavy (non-hydrogen) atoms. The van der Waals surface area contributed by atoms with Crippen LogP contribution >= 0.6 is 0 Å². The number of anilines is 1. The SMILES string of the molecule is C[C@@H](OC(=O)CCNc1ccc(C(F)(F)F)cc1[N+](=O)[O-])C(=O)N(C)C. The van der Waals surface area contributed by atoms with E-state index in [0.717, 1.165) is 6.07 Å². The summed E-state index contributed by atoms with van der Waals surface area (Å²) in [5.74, 6) is -1.14. The van der Waals surface area contributed by atoms with E-state index in [-0.39, 0.29) is 18.7 Å². The second-order valence-electron chi connectivity index (χ2n) is 5.53. The van der Waals surface area contributed by atoms with Crippen LogP contribution in [0.15, 0.2) is 18.2 Å². The van der Waals surface area contributed by atoms with Crippen molar-refractivity contribution < 1.29 is 32.4 Å². The number of halogens is 3. The first-order valence-corrected chi connectivity index (χ1v) is 7.43. The normalized spacial score (nSPS) is 12.2. The van der Waals surface area contributed by atoms with Gasteiger partial charge in [0.2, 0.25) is 0 Å². The number of rotatable bonds is 7. The second kappa shape index (κ2) is 8.50. The summed E-state index contributed by atoms with van der Waals surface area (Å²) in [6.45, 7) is 1.28. The summed E-state index contributed by atoms with van der Waals surface area (Å²) in [7, 11) is 3.00. The van der Waals surface area contributed by atoms with Crippen molar-refractivity contribution in [3.63, 3.8) is 0 Å². The molecule has 1 aromatic carbocycles. The monoisotopic (exact) mass is 377 g/mol. The maximum absolute atomic E-state index is 12.6. The highest BCUT2D eigenvalue weighted by molar-refractivity contribution is 5.83. The molecule has 0 aliphatic heterocycles. The number of carbonyl (C=O) groups is 2. The molecule has 0 saturated carbocycles. The number of benzene rings is 1. The van der Waals surface area contributed by atoms with Crippen molar-refractivity contribution in [3.8, 4) is 0 Å². The lowest BCUT2D eigenvalue weighted by atomic mass is 10.1. The number of ether oxygens (including phenoxy) is 1. The molecule has 0 unspecified atom stereocenters. The first-order chi connectivity index (χ1) is 11.9. The molecule has 1 amide bonds. The van der Waals surface area contributed by atoms with Crippen molar-refractivity contribution in [3.05, 3.63) is 33.9 Å². The third kappa shape index (κ3) is 5.90. The first kappa shape index (κ1) is 21.2. The number of nitrogens with one attached hydrogen (secondary N) is 1. The quantitative estimate of drug-likeness (QED) is 0.445. The average Bonchev–Trinajstić information content (AvgIpc) is 2.52. The van der Waals surface area contributed by atoms with E-state index in [0.29, 0.717) is 12.1 Å². The Kier molecular flexibility index (Phi) is 6.93. The molecule has 11 heteroatoms. The van der Waals surface area contributed by atoms with Gasteiger partial charge < -0.3 is 15.0 Å². The lowest BCUT2D eigenvalue weighted by Crippen LogP contribution is -2.35. The summed E-state index contributed by atoms with van der Waals surface area (Å²) in [5.41, 5.74) is -2.07. The van der Waals surface area contributed by atoms with E-state index in [1.807, 2.05) is 0 Å². The van der Waals surface area contributed by atoms with Gasteiger partial charge in [0, 0.05) is 26.7 Å². The Morgan fingerprint density at radius 2 is 1.96 bits per heavy atom. The number of alkyl halides is 3. The van der Waals surface area contributed by atoms with Crippen LogP contribution in [0.5, 0.6) is 0 Å². The number of carbonyl (C=O) groups excluding carboxylic acids is 2. The van der Waals surface area contributed by atoms with Gasteiger partial charge in [0.25, 0.3) is 11.6 Å². The van der Waals surface area contributed by atoms with Crippen LogP contribution in [0.2, 0.25) is 0 Å². The largest absolute Gasteiger partial charge is 0.452 e. The van der Waals surface area contributed by atoms with Gasteiger partial charge in [0.05, 0.1) is 16.9 Å². The number of hydrogen-bond acceptors (Lipinski definition) is 6. The molecule has 1 aromatic rings. The molecular weight excluding hydrogens is 359 g/mol. The fourth-order valence-electron chi connectivity index (χ4n) is 1.98. The molecule has 1 rings (SSSR count). The van der Waals surface area contributed by atoms with Crippen LogP contribution in [0.3, 0.4) is 0 Å². The van der Waals surface area contributed by atoms with Crippen LogP contribution in [-0.4, -0.2) is 48.4 Å². The van der Waals surface area contributed by atoms with Crippen molar-refractivity contribution in [2.45, 2.75) is 25.6 Å². The van der Waals surface area contributed by atoms with Crippen LogP contribution in [-0.2, 0) is 20.5 Å². The Morgan fingerprint density at radius 1 is 1.35 bits per heavy atom. The number of esters is 1. The molecule has 1 N–H and O–H groups in total. The van der Waals surface area contributed by atoms with Gasteiger partial charge in [-0.05, 0) is 19.1 Å². The van der Waals surface area contributed by atoms with E-state index in [1.54, 1.807) is 0 Å². The number of nitro benzene ring substituents is 1. The summed E-state index contributed by atoms with van der Waals surface area (Å²) in [6.07, 6.45) is -5.93. The number of nitrogens with zero attached hydrogens (tertiary/aromatic N) is 2. The molecule has 0 bridgehead atoms. The minimum atomic E-state index is -4.71. The number of nitro groups is 1. The first-order valence-electron chi connectivity index (χ1n) is 7.43. The molecule has 0 spiro atoms. The number of hydrogen-bond donors (Lipinski definition) is 1. The topological polar surface area (TPSA) is 102 Å². The minimum absolute atomic E-state index is 0.117. The molecule has 144 valence electrons. The summed E-state index contributed by atoms with van der Waals surface area (Å²) in [4.78, 5) is 34.5. The van der Waals surface area contributed by atoms with Gasteiger partial charge in [-0.1, -0.05) is 0 Å². The van der Waals surface area contributed by atoms with Crippen LogP contribution in [0.4, 0.5) is 24.5 Å². The third-order valence-electron chi connectivity index (χ3n) is 3.26. The van der Waals surface area contributed by atoms with E-state index in [1.165, 1.54) is 25.9 Å². The van der Waals surface area contributed by atoms with Crippen LogP contribution in [0.25, 0.3) is 0 Å². The van der Waals surface area contributed by atoms with E-state index in [9.17, 15) is 32.9 Å². The summed E-state index contributed by atoms with van der Waals surface area (Å²) in [6, 6.07) is 2.04. The van der Waals surface area contributed by atoms with Gasteiger partial charge >= 0.3 is 12.1 Å². The van der Waals surface area contributed by atoms with Crippen LogP contribution in [0.1, 0.15) is 18.9 Å². The van der Waals surface area contributed by atoms with Crippen molar-refractivity contribution >= 4 is 23.3 Å². The molecule has 1 atom stereocenters. The molecule has 0 aromatic heterocycles. The lowest BCUT2D eigenvalue weighted by molar-refractivity contribution is -0.384. The third-order valence-corrected chi connectivity index (χ3v) is 3.26. The molecular formula is C15H18F3N3O5. The van der Waals surface area contributed by atoms with Crippen LogP contribution < -0.4 is 5.32 Å². The Bertz CT molecular complexity index is 692. The number of amides is 1. The van der Waals surface area contributed by atoms with Crippen molar-refractivity contribution in [1.82, 2.24) is 4.90 Å². The van der Waals surface area contributed by atoms with Gasteiger partial charge in [-0.25, -0.2) is 0 Å². The highest BCUT2D eigenvalue weighted by atomic mass is 19.4. The summed E-state index contributed by atoms with van der Waals surface area (Å²) < 4.78 is 42.8. The second-order valence-corrected chi connectivity index (χ2v) is 5.53.